The molecule has 1 aliphatic carbocycles. The summed E-state index contributed by atoms with van der Waals surface area (Å²) in [5.74, 6) is -0.683. The Morgan fingerprint density at radius 3 is 2.23 bits per heavy atom. The fourth-order valence-corrected chi connectivity index (χ4v) is 1.39. The van der Waals surface area contributed by atoms with Crippen LogP contribution in [0.5, 0.6) is 0 Å². The second kappa shape index (κ2) is 2.98. The second-order valence-electron chi connectivity index (χ2n) is 3.00. The van der Waals surface area contributed by atoms with E-state index < -0.39 is 0 Å². The molecule has 0 radical (unpaired) electrons. The molecule has 1 aliphatic rings. The van der Waals surface area contributed by atoms with Crippen LogP contribution < -0.4 is 0 Å². The molecule has 0 bridgehead atoms. The van der Waals surface area contributed by atoms with E-state index in [1.807, 2.05) is 30.3 Å². The van der Waals surface area contributed by atoms with Crippen LogP contribution in [0.3, 0.4) is 0 Å². The van der Waals surface area contributed by atoms with E-state index in [0.29, 0.717) is 0 Å². The van der Waals surface area contributed by atoms with E-state index in [2.05, 4.69) is 0 Å². The molecule has 0 amide bonds. The number of ketones is 2. The maximum absolute atomic E-state index is 11.0. The fraction of sp³-hybridized carbons (Fsp3) is 0.0909. The Balaban J connectivity index is 2.35. The average molecular weight is 172 g/mol. The second-order valence-corrected chi connectivity index (χ2v) is 3.00. The van der Waals surface area contributed by atoms with E-state index in [0.717, 1.165) is 11.1 Å². The van der Waals surface area contributed by atoms with Crippen molar-refractivity contribution in [2.75, 3.05) is 0 Å². The van der Waals surface area contributed by atoms with Gasteiger partial charge < -0.3 is 0 Å². The minimum absolute atomic E-state index is 0.253. The molecule has 0 atom stereocenters. The van der Waals surface area contributed by atoms with Crippen LogP contribution in [0, 0.1) is 0 Å². The molecule has 0 heterocycles. The van der Waals surface area contributed by atoms with Crippen LogP contribution in [0.1, 0.15) is 12.0 Å². The maximum Gasteiger partial charge on any atom is 0.222 e. The molecule has 0 aliphatic heterocycles. The van der Waals surface area contributed by atoms with Crippen molar-refractivity contribution in [3.8, 4) is 0 Å². The summed E-state index contributed by atoms with van der Waals surface area (Å²) < 4.78 is 0. The molecule has 1 aromatic rings. The molecule has 2 nitrogen and oxygen atoms in total. The zero-order valence-electron chi connectivity index (χ0n) is 6.99. The number of rotatable bonds is 1. The summed E-state index contributed by atoms with van der Waals surface area (Å²) in [5, 5.41) is 0. The Hall–Kier alpha value is -1.70. The lowest BCUT2D eigenvalue weighted by Crippen LogP contribution is -2.02. The molecular formula is C11H8O2. The molecule has 1 aromatic carbocycles. The third-order valence-electron chi connectivity index (χ3n) is 2.08. The number of Topliss-reactive ketones (excluding diaryl/α,β-unsaturated/α-hetero) is 1. The third-order valence-corrected chi connectivity index (χ3v) is 2.08. The lowest BCUT2D eigenvalue weighted by Gasteiger charge is -1.97. The van der Waals surface area contributed by atoms with Crippen LogP contribution in [0.15, 0.2) is 36.4 Å². The minimum atomic E-state index is -0.376. The number of carbonyl (C=O) groups excluding carboxylic acids is 2. The van der Waals surface area contributed by atoms with Crippen LogP contribution in [0.4, 0.5) is 0 Å². The van der Waals surface area contributed by atoms with E-state index in [-0.39, 0.29) is 18.0 Å². The highest BCUT2D eigenvalue weighted by molar-refractivity contribution is 6.47. The van der Waals surface area contributed by atoms with E-state index in [9.17, 15) is 9.59 Å². The van der Waals surface area contributed by atoms with Gasteiger partial charge in [-0.3, -0.25) is 9.59 Å². The standard InChI is InChI=1S/C11H8O2/c12-10-6-9(7-11(10)13)8-4-2-1-3-5-8/h1-6H,7H2. The van der Waals surface area contributed by atoms with Crippen molar-refractivity contribution in [3.05, 3.63) is 42.0 Å². The summed E-state index contributed by atoms with van der Waals surface area (Å²) in [5.41, 5.74) is 1.79. The van der Waals surface area contributed by atoms with Crippen molar-refractivity contribution in [3.63, 3.8) is 0 Å². The lowest BCUT2D eigenvalue weighted by molar-refractivity contribution is -0.132. The molecule has 0 N–H and O–H groups in total. The number of carbonyl (C=O) groups is 2. The average Bonchev–Trinajstić information content (AvgIpc) is 2.49. The van der Waals surface area contributed by atoms with E-state index in [4.69, 9.17) is 0 Å². The number of hydrogen-bond acceptors (Lipinski definition) is 2. The van der Waals surface area contributed by atoms with Crippen LogP contribution in [0.2, 0.25) is 0 Å². The van der Waals surface area contributed by atoms with Gasteiger partial charge in [0.15, 0.2) is 0 Å². The summed E-state index contributed by atoms with van der Waals surface area (Å²) >= 11 is 0. The molecule has 0 saturated carbocycles. The smallest absolute Gasteiger partial charge is 0.222 e. The Kier molecular flexibility index (Phi) is 1.81. The van der Waals surface area contributed by atoms with Crippen molar-refractivity contribution < 1.29 is 9.59 Å². The maximum atomic E-state index is 11.0. The first-order chi connectivity index (χ1) is 6.27. The molecule has 0 aromatic heterocycles. The lowest BCUT2D eigenvalue weighted by atomic mass is 10.1. The molecule has 2 heteroatoms. The molecule has 13 heavy (non-hydrogen) atoms. The summed E-state index contributed by atoms with van der Waals surface area (Å²) in [7, 11) is 0. The molecule has 0 unspecified atom stereocenters. The monoisotopic (exact) mass is 172 g/mol. The summed E-state index contributed by atoms with van der Waals surface area (Å²) in [4.78, 5) is 21.9. The Morgan fingerprint density at radius 1 is 1.00 bits per heavy atom. The van der Waals surface area contributed by atoms with Gasteiger partial charge in [-0.25, -0.2) is 0 Å². The highest BCUT2D eigenvalue weighted by Crippen LogP contribution is 2.23. The number of benzene rings is 1. The Labute approximate surface area is 75.9 Å². The third kappa shape index (κ3) is 1.43. The van der Waals surface area contributed by atoms with Crippen molar-refractivity contribution in [2.45, 2.75) is 6.42 Å². The molecule has 0 fully saturated rings. The van der Waals surface area contributed by atoms with E-state index in [1.165, 1.54) is 6.08 Å². The van der Waals surface area contributed by atoms with Crippen LogP contribution in [0.25, 0.3) is 5.57 Å². The van der Waals surface area contributed by atoms with Gasteiger partial charge in [0, 0.05) is 6.42 Å². The van der Waals surface area contributed by atoms with Crippen molar-refractivity contribution >= 4 is 17.1 Å². The number of hydrogen-bond donors (Lipinski definition) is 0. The minimum Gasteiger partial charge on any atom is -0.290 e. The Morgan fingerprint density at radius 2 is 1.69 bits per heavy atom. The van der Waals surface area contributed by atoms with Crippen LogP contribution in [-0.4, -0.2) is 11.6 Å². The zero-order valence-corrected chi connectivity index (χ0v) is 6.99. The van der Waals surface area contributed by atoms with Crippen molar-refractivity contribution in [1.29, 1.82) is 0 Å². The van der Waals surface area contributed by atoms with Gasteiger partial charge in [-0.05, 0) is 17.2 Å². The first-order valence-corrected chi connectivity index (χ1v) is 4.10. The summed E-state index contributed by atoms with van der Waals surface area (Å²) in [6.45, 7) is 0. The first-order valence-electron chi connectivity index (χ1n) is 4.10. The quantitative estimate of drug-likeness (QED) is 0.603. The van der Waals surface area contributed by atoms with Gasteiger partial charge in [0.1, 0.15) is 0 Å². The Bertz CT molecular complexity index is 388. The first kappa shape index (κ1) is 7.92. The van der Waals surface area contributed by atoms with Crippen LogP contribution >= 0.6 is 0 Å². The largest absolute Gasteiger partial charge is 0.290 e. The molecular weight excluding hydrogens is 164 g/mol. The van der Waals surface area contributed by atoms with E-state index >= 15 is 0 Å². The normalized spacial score (nSPS) is 16.2. The molecule has 0 saturated heterocycles. The van der Waals surface area contributed by atoms with Gasteiger partial charge in [-0.2, -0.15) is 0 Å². The highest BCUT2D eigenvalue weighted by atomic mass is 16.2. The van der Waals surface area contributed by atoms with Crippen molar-refractivity contribution in [1.82, 2.24) is 0 Å². The zero-order chi connectivity index (χ0) is 9.26. The van der Waals surface area contributed by atoms with Crippen LogP contribution in [-0.2, 0) is 9.59 Å². The van der Waals surface area contributed by atoms with Gasteiger partial charge >= 0.3 is 0 Å². The molecule has 0 spiro atoms. The molecule has 64 valence electrons. The fourth-order valence-electron chi connectivity index (χ4n) is 1.39. The summed E-state index contributed by atoms with van der Waals surface area (Å²) in [6, 6.07) is 9.49. The van der Waals surface area contributed by atoms with Gasteiger partial charge in [0.25, 0.3) is 0 Å². The predicted octanol–water partition coefficient (Wildman–Crippen LogP) is 1.61. The topological polar surface area (TPSA) is 34.1 Å². The predicted molar refractivity (Wildman–Crippen MR) is 49.1 cm³/mol. The van der Waals surface area contributed by atoms with Gasteiger partial charge in [0.2, 0.25) is 11.6 Å². The highest BCUT2D eigenvalue weighted by Gasteiger charge is 2.22. The van der Waals surface area contributed by atoms with Gasteiger partial charge in [0.05, 0.1) is 0 Å². The van der Waals surface area contributed by atoms with E-state index in [1.54, 1.807) is 0 Å². The van der Waals surface area contributed by atoms with Gasteiger partial charge in [-0.1, -0.05) is 30.3 Å². The molecule has 2 rings (SSSR count). The van der Waals surface area contributed by atoms with Gasteiger partial charge in [-0.15, -0.1) is 0 Å². The SMILES string of the molecule is O=C1C=C(c2ccccc2)CC1=O. The number of allylic oxidation sites excluding steroid dienone is 2. The summed E-state index contributed by atoms with van der Waals surface area (Å²) in [6.07, 6.45) is 1.68. The van der Waals surface area contributed by atoms with Crippen molar-refractivity contribution in [2.24, 2.45) is 0 Å².